The Morgan fingerprint density at radius 1 is 1.04 bits per heavy atom. The van der Waals surface area contributed by atoms with Gasteiger partial charge in [0.05, 0.1) is 7.11 Å². The molecule has 0 bridgehead atoms. The summed E-state index contributed by atoms with van der Waals surface area (Å²) in [4.78, 5) is 20.9. The van der Waals surface area contributed by atoms with Crippen LogP contribution in [0.25, 0.3) is 5.57 Å². The fourth-order valence-corrected chi connectivity index (χ4v) is 2.85. The van der Waals surface area contributed by atoms with E-state index >= 15 is 0 Å². The van der Waals surface area contributed by atoms with Crippen molar-refractivity contribution in [3.63, 3.8) is 0 Å². The van der Waals surface area contributed by atoms with Crippen molar-refractivity contribution >= 4 is 23.1 Å². The summed E-state index contributed by atoms with van der Waals surface area (Å²) in [5, 5.41) is 0.275. The first kappa shape index (κ1) is 18.6. The molecular weight excluding hydrogens is 364 g/mol. The van der Waals surface area contributed by atoms with E-state index in [0.717, 1.165) is 11.1 Å². The van der Waals surface area contributed by atoms with Crippen LogP contribution >= 0.6 is 11.6 Å². The third-order valence-electron chi connectivity index (χ3n) is 3.73. The zero-order chi connectivity index (χ0) is 19.2. The van der Waals surface area contributed by atoms with Crippen LogP contribution in [0.2, 0.25) is 5.15 Å². The number of halogens is 1. The zero-order valence-corrected chi connectivity index (χ0v) is 15.6. The fourth-order valence-electron chi connectivity index (χ4n) is 2.61. The molecule has 2 heterocycles. The van der Waals surface area contributed by atoms with Crippen LogP contribution in [0.15, 0.2) is 72.8 Å². The molecule has 0 aliphatic heterocycles. The van der Waals surface area contributed by atoms with Crippen molar-refractivity contribution in [1.82, 2.24) is 9.97 Å². The molecule has 5 nitrogen and oxygen atoms in total. The minimum absolute atomic E-state index is 0.0402. The molecule has 0 spiro atoms. The zero-order valence-electron chi connectivity index (χ0n) is 14.8. The van der Waals surface area contributed by atoms with E-state index in [1.165, 1.54) is 7.11 Å². The predicted octanol–water partition coefficient (Wildman–Crippen LogP) is 4.45. The van der Waals surface area contributed by atoms with Gasteiger partial charge in [-0.15, -0.1) is 0 Å². The van der Waals surface area contributed by atoms with Crippen molar-refractivity contribution in [2.24, 2.45) is 0 Å². The smallest absolute Gasteiger partial charge is 0.374 e. The van der Waals surface area contributed by atoms with Crippen molar-refractivity contribution in [2.75, 3.05) is 7.11 Å². The van der Waals surface area contributed by atoms with Gasteiger partial charge in [-0.3, -0.25) is 4.98 Å². The normalized spacial score (nSPS) is 11.5. The summed E-state index contributed by atoms with van der Waals surface area (Å²) in [6.45, 7) is 1.79. The highest BCUT2D eigenvalue weighted by Crippen LogP contribution is 2.30. The lowest BCUT2D eigenvalue weighted by Crippen LogP contribution is -2.14. The van der Waals surface area contributed by atoms with E-state index in [-0.39, 0.29) is 10.9 Å². The van der Waals surface area contributed by atoms with Crippen LogP contribution in [0.3, 0.4) is 0 Å². The maximum absolute atomic E-state index is 12.6. The van der Waals surface area contributed by atoms with Crippen LogP contribution in [0.1, 0.15) is 16.8 Å². The highest BCUT2D eigenvalue weighted by molar-refractivity contribution is 6.29. The minimum Gasteiger partial charge on any atom is -0.463 e. The van der Waals surface area contributed by atoms with Crippen molar-refractivity contribution in [1.29, 1.82) is 0 Å². The van der Waals surface area contributed by atoms with Crippen LogP contribution in [0.4, 0.5) is 0 Å². The van der Waals surface area contributed by atoms with Crippen LogP contribution in [-0.4, -0.2) is 23.0 Å². The summed E-state index contributed by atoms with van der Waals surface area (Å²) in [7, 11) is 1.31. The molecule has 1 aromatic carbocycles. The molecular formula is C21H17ClN2O3. The molecule has 6 heteroatoms. The molecule has 0 aliphatic rings. The number of rotatable bonds is 5. The second kappa shape index (κ2) is 8.47. The third-order valence-corrected chi connectivity index (χ3v) is 3.92. The number of aryl methyl sites for hydroxylation is 1. The largest absolute Gasteiger partial charge is 0.463 e. The highest BCUT2D eigenvalue weighted by Gasteiger charge is 2.22. The summed E-state index contributed by atoms with van der Waals surface area (Å²) < 4.78 is 10.9. The SMILES string of the molecule is COC(=O)/C(Oc1cc(C)nc(Cl)c1)=C(\c1ccccc1)c1cccnc1. The second-order valence-electron chi connectivity index (χ2n) is 5.67. The number of methoxy groups -OCH3 is 1. The Kier molecular flexibility index (Phi) is 5.84. The lowest BCUT2D eigenvalue weighted by molar-refractivity contribution is -0.138. The first-order chi connectivity index (χ1) is 13.1. The van der Waals surface area contributed by atoms with E-state index in [4.69, 9.17) is 21.1 Å². The maximum Gasteiger partial charge on any atom is 0.374 e. The highest BCUT2D eigenvalue weighted by atomic mass is 35.5. The second-order valence-corrected chi connectivity index (χ2v) is 6.06. The predicted molar refractivity (Wildman–Crippen MR) is 103 cm³/mol. The van der Waals surface area contributed by atoms with Crippen molar-refractivity contribution in [2.45, 2.75) is 6.92 Å². The molecule has 136 valence electrons. The molecule has 0 fully saturated rings. The summed E-state index contributed by atoms with van der Waals surface area (Å²) in [6.07, 6.45) is 3.33. The van der Waals surface area contributed by atoms with Gasteiger partial charge >= 0.3 is 5.97 Å². The standard InChI is InChI=1S/C21H17ClN2O3/c1-14-11-17(12-18(22)24-14)27-20(21(25)26-2)19(15-7-4-3-5-8-15)16-9-6-10-23-13-16/h3-13H,1-2H3/b20-19-. The van der Waals surface area contributed by atoms with Gasteiger partial charge in [0.15, 0.2) is 0 Å². The molecule has 0 aliphatic carbocycles. The topological polar surface area (TPSA) is 61.3 Å². The Balaban J connectivity index is 2.22. The summed E-state index contributed by atoms with van der Waals surface area (Å²) >= 11 is 6.03. The van der Waals surface area contributed by atoms with Gasteiger partial charge in [0.25, 0.3) is 0 Å². The average Bonchev–Trinajstić information content (AvgIpc) is 2.68. The van der Waals surface area contributed by atoms with Gasteiger partial charge in [0.2, 0.25) is 5.76 Å². The number of benzene rings is 1. The Morgan fingerprint density at radius 2 is 1.78 bits per heavy atom. The molecule has 0 saturated carbocycles. The van der Waals surface area contributed by atoms with E-state index < -0.39 is 5.97 Å². The van der Waals surface area contributed by atoms with E-state index in [9.17, 15) is 4.79 Å². The van der Waals surface area contributed by atoms with Crippen LogP contribution in [0, 0.1) is 6.92 Å². The number of aromatic nitrogens is 2. The van der Waals surface area contributed by atoms with Crippen LogP contribution in [0.5, 0.6) is 5.75 Å². The van der Waals surface area contributed by atoms with E-state index in [1.807, 2.05) is 36.4 Å². The van der Waals surface area contributed by atoms with Gasteiger partial charge < -0.3 is 9.47 Å². The lowest BCUT2D eigenvalue weighted by atomic mass is 9.98. The number of pyridine rings is 2. The van der Waals surface area contributed by atoms with Crippen LogP contribution < -0.4 is 4.74 Å². The number of hydrogen-bond donors (Lipinski definition) is 0. The molecule has 0 saturated heterocycles. The fraction of sp³-hybridized carbons (Fsp3) is 0.0952. The molecule has 3 rings (SSSR count). The monoisotopic (exact) mass is 380 g/mol. The Hall–Kier alpha value is -3.18. The maximum atomic E-state index is 12.6. The average molecular weight is 381 g/mol. The molecule has 2 aromatic heterocycles. The molecule has 0 radical (unpaired) electrons. The summed E-state index contributed by atoms with van der Waals surface area (Å²) in [5.41, 5.74) is 2.76. The van der Waals surface area contributed by atoms with Gasteiger partial charge in [0, 0.05) is 41.4 Å². The molecule has 0 atom stereocenters. The number of nitrogens with zero attached hydrogens (tertiary/aromatic N) is 2. The molecule has 3 aromatic rings. The number of carbonyl (C=O) groups is 1. The van der Waals surface area contributed by atoms with Gasteiger partial charge in [-0.2, -0.15) is 0 Å². The molecule has 0 amide bonds. The Labute approximate surface area is 162 Å². The Bertz CT molecular complexity index is 911. The summed E-state index contributed by atoms with van der Waals surface area (Å²) in [5.74, 6) is -0.174. The first-order valence-corrected chi connectivity index (χ1v) is 8.56. The van der Waals surface area contributed by atoms with Gasteiger partial charge in [-0.1, -0.05) is 48.0 Å². The minimum atomic E-state index is -0.608. The number of carbonyl (C=O) groups excluding carboxylic acids is 1. The quantitative estimate of drug-likeness (QED) is 0.283. The number of hydrogen-bond acceptors (Lipinski definition) is 5. The van der Waals surface area contributed by atoms with Gasteiger partial charge in [-0.25, -0.2) is 9.78 Å². The molecule has 0 N–H and O–H groups in total. The lowest BCUT2D eigenvalue weighted by Gasteiger charge is -2.16. The van der Waals surface area contributed by atoms with Gasteiger partial charge in [0.1, 0.15) is 10.9 Å². The van der Waals surface area contributed by atoms with Gasteiger partial charge in [-0.05, 0) is 18.6 Å². The van der Waals surface area contributed by atoms with E-state index in [0.29, 0.717) is 17.0 Å². The van der Waals surface area contributed by atoms with E-state index in [2.05, 4.69) is 9.97 Å². The molecule has 0 unspecified atom stereocenters. The van der Waals surface area contributed by atoms with Crippen molar-refractivity contribution in [3.05, 3.63) is 94.7 Å². The number of ether oxygens (including phenoxy) is 2. The number of esters is 1. The van der Waals surface area contributed by atoms with E-state index in [1.54, 1.807) is 37.5 Å². The third kappa shape index (κ3) is 4.51. The first-order valence-electron chi connectivity index (χ1n) is 8.19. The van der Waals surface area contributed by atoms with Crippen LogP contribution in [-0.2, 0) is 9.53 Å². The summed E-state index contributed by atoms with van der Waals surface area (Å²) in [6, 6.07) is 16.3. The molecule has 27 heavy (non-hydrogen) atoms. The Morgan fingerprint density at radius 3 is 2.41 bits per heavy atom. The van der Waals surface area contributed by atoms with Crippen molar-refractivity contribution < 1.29 is 14.3 Å². The van der Waals surface area contributed by atoms with Crippen molar-refractivity contribution in [3.8, 4) is 5.75 Å².